The second-order valence-corrected chi connectivity index (χ2v) is 9.27. The predicted octanol–water partition coefficient (Wildman–Crippen LogP) is 3.13. The minimum absolute atomic E-state index is 0.0228. The molecule has 0 aliphatic carbocycles. The smallest absolute Gasteiger partial charge is 0.270 e. The molecule has 0 N–H and O–H groups in total. The van der Waals surface area contributed by atoms with Crippen LogP contribution in [0.4, 0.5) is 5.69 Å². The molecule has 0 aromatic heterocycles. The summed E-state index contributed by atoms with van der Waals surface area (Å²) in [6.45, 7) is 0. The maximum Gasteiger partial charge on any atom is 0.270 e. The number of carboxylic acid groups (broad SMARTS) is 2. The molecule has 1 saturated heterocycles. The summed E-state index contributed by atoms with van der Waals surface area (Å²) in [4.78, 5) is 37.6. The van der Waals surface area contributed by atoms with Gasteiger partial charge in [0.2, 0.25) is 0 Å². The van der Waals surface area contributed by atoms with Crippen LogP contribution in [-0.4, -0.2) is 22.2 Å². The van der Waals surface area contributed by atoms with E-state index in [0.717, 1.165) is 62.0 Å². The lowest BCUT2D eigenvalue weighted by Gasteiger charge is -2.18. The number of anilines is 1. The Balaban J connectivity index is 1.65. The number of thioether (sulfide) groups is 1. The van der Waals surface area contributed by atoms with Gasteiger partial charge >= 0.3 is 0 Å². The first kappa shape index (κ1) is 21.8. The Bertz CT molecular complexity index is 1500. The summed E-state index contributed by atoms with van der Waals surface area (Å²) in [5, 5.41) is 26.7. The van der Waals surface area contributed by atoms with Crippen molar-refractivity contribution < 1.29 is 24.6 Å². The third kappa shape index (κ3) is 3.72. The van der Waals surface area contributed by atoms with Crippen LogP contribution in [-0.2, 0) is 4.79 Å². The van der Waals surface area contributed by atoms with Crippen molar-refractivity contribution in [1.29, 1.82) is 0 Å². The number of hydrogen-bond donors (Lipinski definition) is 0. The Morgan fingerprint density at radius 3 is 1.88 bits per heavy atom. The van der Waals surface area contributed by atoms with Crippen LogP contribution in [0, 0.1) is 0 Å². The molecule has 1 amide bonds. The van der Waals surface area contributed by atoms with E-state index in [1.807, 2.05) is 48.5 Å². The second kappa shape index (κ2) is 8.40. The van der Waals surface area contributed by atoms with Crippen molar-refractivity contribution in [1.82, 2.24) is 0 Å². The zero-order valence-corrected chi connectivity index (χ0v) is 18.9. The molecule has 4 aromatic rings. The second-order valence-electron chi connectivity index (χ2n) is 7.59. The molecule has 0 saturated carbocycles. The van der Waals surface area contributed by atoms with Gasteiger partial charge in [-0.3, -0.25) is 9.69 Å². The first-order valence-electron chi connectivity index (χ1n) is 10.1. The van der Waals surface area contributed by atoms with Gasteiger partial charge in [-0.1, -0.05) is 72.5 Å². The molecule has 8 heteroatoms. The maximum atomic E-state index is 13.4. The summed E-state index contributed by atoms with van der Waals surface area (Å²) >= 11 is 6.46. The zero-order chi connectivity index (χ0) is 24.0. The standard InChI is InChI=1S/C26H15NO5S2/c28-23-22(13-21-19-7-3-1-5-14(19)9-15-6-2-4-8-20(15)21)34-26(33)27(23)18-11-16(24(29)30)10-17(12-18)25(31)32/h1-13H,(H,29,30)(H,31,32)/p-2/b22-13+. The average Bonchev–Trinajstić information content (AvgIpc) is 3.11. The third-order valence-corrected chi connectivity index (χ3v) is 6.83. The first-order valence-corrected chi connectivity index (χ1v) is 11.3. The van der Waals surface area contributed by atoms with Gasteiger partial charge in [0.05, 0.1) is 22.5 Å². The van der Waals surface area contributed by atoms with Gasteiger partial charge in [-0.05, 0) is 68.6 Å². The Labute approximate surface area is 203 Å². The molecule has 6 nitrogen and oxygen atoms in total. The lowest BCUT2D eigenvalue weighted by atomic mass is 9.96. The lowest BCUT2D eigenvalue weighted by Crippen LogP contribution is -2.30. The fourth-order valence-electron chi connectivity index (χ4n) is 4.00. The summed E-state index contributed by atoms with van der Waals surface area (Å²) in [5.41, 5.74) is 0.0900. The number of rotatable bonds is 4. The van der Waals surface area contributed by atoms with Gasteiger partial charge in [-0.25, -0.2) is 0 Å². The third-order valence-electron chi connectivity index (χ3n) is 5.53. The van der Waals surface area contributed by atoms with Gasteiger partial charge in [-0.2, -0.15) is 0 Å². The molecule has 4 aromatic carbocycles. The zero-order valence-electron chi connectivity index (χ0n) is 17.3. The number of carbonyl (C=O) groups is 3. The van der Waals surface area contributed by atoms with Gasteiger partial charge in [0.15, 0.2) is 4.32 Å². The number of carboxylic acids is 2. The molecule has 0 radical (unpaired) electrons. The van der Waals surface area contributed by atoms with Crippen LogP contribution in [0.15, 0.2) is 77.7 Å². The molecule has 34 heavy (non-hydrogen) atoms. The van der Waals surface area contributed by atoms with E-state index < -0.39 is 29.0 Å². The summed E-state index contributed by atoms with van der Waals surface area (Å²) < 4.78 is 0.153. The van der Waals surface area contributed by atoms with Crippen molar-refractivity contribution >= 4 is 79.5 Å². The molecule has 5 rings (SSSR count). The van der Waals surface area contributed by atoms with Gasteiger partial charge in [-0.15, -0.1) is 0 Å². The van der Waals surface area contributed by atoms with Crippen LogP contribution in [0.25, 0.3) is 27.6 Å². The number of amides is 1. The predicted molar refractivity (Wildman–Crippen MR) is 132 cm³/mol. The monoisotopic (exact) mass is 483 g/mol. The highest BCUT2D eigenvalue weighted by Crippen LogP contribution is 2.39. The van der Waals surface area contributed by atoms with Crippen LogP contribution >= 0.6 is 24.0 Å². The van der Waals surface area contributed by atoms with E-state index in [0.29, 0.717) is 4.91 Å². The Kier molecular flexibility index (Phi) is 5.39. The van der Waals surface area contributed by atoms with Crippen molar-refractivity contribution in [2.75, 3.05) is 4.90 Å². The van der Waals surface area contributed by atoms with Crippen molar-refractivity contribution in [2.45, 2.75) is 0 Å². The van der Waals surface area contributed by atoms with Gasteiger partial charge in [0, 0.05) is 0 Å². The van der Waals surface area contributed by atoms with Gasteiger partial charge in [0.1, 0.15) is 0 Å². The molecule has 1 fully saturated rings. The number of thiocarbonyl (C=S) groups is 1. The number of aromatic carboxylic acids is 2. The van der Waals surface area contributed by atoms with Crippen molar-refractivity contribution in [3.63, 3.8) is 0 Å². The van der Waals surface area contributed by atoms with E-state index in [4.69, 9.17) is 12.2 Å². The summed E-state index contributed by atoms with van der Waals surface area (Å²) in [6, 6.07) is 21.0. The number of carbonyl (C=O) groups excluding carboxylic acids is 3. The van der Waals surface area contributed by atoms with Gasteiger partial charge in [0.25, 0.3) is 5.91 Å². The maximum absolute atomic E-state index is 13.4. The minimum atomic E-state index is -1.58. The van der Waals surface area contributed by atoms with Crippen LogP contribution in [0.5, 0.6) is 0 Å². The molecule has 0 spiro atoms. The van der Waals surface area contributed by atoms with E-state index in [-0.39, 0.29) is 10.0 Å². The SMILES string of the molecule is O=C([O-])c1cc(C(=O)[O-])cc(N2C(=O)/C(=C\c3c4ccccc4cc4ccccc34)SC2=S)c1. The fourth-order valence-corrected chi connectivity index (χ4v) is 5.28. The first-order chi connectivity index (χ1) is 16.3. The lowest BCUT2D eigenvalue weighted by molar-refractivity contribution is -0.255. The molecule has 1 aliphatic heterocycles. The highest BCUT2D eigenvalue weighted by atomic mass is 32.2. The summed E-state index contributed by atoms with van der Waals surface area (Å²) in [5.74, 6) is -3.63. The van der Waals surface area contributed by atoms with Crippen LogP contribution in [0.1, 0.15) is 26.3 Å². The Hall–Kier alpha value is -4.01. The number of benzene rings is 4. The molecular formula is C26H13NO5S2-2. The van der Waals surface area contributed by atoms with E-state index in [2.05, 4.69) is 6.07 Å². The van der Waals surface area contributed by atoms with Crippen LogP contribution < -0.4 is 15.1 Å². The molecular weight excluding hydrogens is 470 g/mol. The summed E-state index contributed by atoms with van der Waals surface area (Å²) in [7, 11) is 0. The average molecular weight is 484 g/mol. The van der Waals surface area contributed by atoms with E-state index in [9.17, 15) is 24.6 Å². The van der Waals surface area contributed by atoms with Gasteiger partial charge < -0.3 is 19.8 Å². The highest BCUT2D eigenvalue weighted by molar-refractivity contribution is 8.27. The number of hydrogen-bond acceptors (Lipinski definition) is 7. The summed E-state index contributed by atoms with van der Waals surface area (Å²) in [6.07, 6.45) is 1.77. The normalized spacial score (nSPS) is 14.9. The highest BCUT2D eigenvalue weighted by Gasteiger charge is 2.34. The molecule has 166 valence electrons. The van der Waals surface area contributed by atoms with Crippen LogP contribution in [0.3, 0.4) is 0 Å². The number of nitrogens with zero attached hydrogens (tertiary/aromatic N) is 1. The quantitative estimate of drug-likeness (QED) is 0.250. The Morgan fingerprint density at radius 1 is 0.824 bits per heavy atom. The largest absolute Gasteiger partial charge is 0.545 e. The fraction of sp³-hybridized carbons (Fsp3) is 0. The molecule has 1 aliphatic rings. The van der Waals surface area contributed by atoms with E-state index in [1.165, 1.54) is 0 Å². The minimum Gasteiger partial charge on any atom is -0.545 e. The topological polar surface area (TPSA) is 101 Å². The molecule has 0 unspecified atom stereocenters. The van der Waals surface area contributed by atoms with Crippen molar-refractivity contribution in [3.8, 4) is 0 Å². The molecule has 0 atom stereocenters. The van der Waals surface area contributed by atoms with E-state index >= 15 is 0 Å². The molecule has 1 heterocycles. The molecule has 0 bridgehead atoms. The van der Waals surface area contributed by atoms with Crippen molar-refractivity contribution in [2.24, 2.45) is 0 Å². The Morgan fingerprint density at radius 2 is 1.35 bits per heavy atom. The van der Waals surface area contributed by atoms with Crippen LogP contribution in [0.2, 0.25) is 0 Å². The van der Waals surface area contributed by atoms with E-state index in [1.54, 1.807) is 6.08 Å². The number of fused-ring (bicyclic) bond motifs is 2. The van der Waals surface area contributed by atoms with Crippen molar-refractivity contribution in [3.05, 3.63) is 94.4 Å².